The van der Waals surface area contributed by atoms with Crippen LogP contribution in [0, 0.1) is 0 Å². The molecule has 2 aliphatic rings. The van der Waals surface area contributed by atoms with Crippen LogP contribution >= 0.6 is 0 Å². The van der Waals surface area contributed by atoms with E-state index in [0.29, 0.717) is 6.61 Å². The predicted octanol–water partition coefficient (Wildman–Crippen LogP) is 10.3. The van der Waals surface area contributed by atoms with Crippen molar-refractivity contribution in [3.05, 3.63) is 251 Å². The highest BCUT2D eigenvalue weighted by Crippen LogP contribution is 2.34. The highest BCUT2D eigenvalue weighted by atomic mass is 16.7. The third-order valence-electron chi connectivity index (χ3n) is 13.1. The van der Waals surface area contributed by atoms with Crippen LogP contribution in [-0.2, 0) is 98.4 Å². The van der Waals surface area contributed by atoms with Crippen LogP contribution in [0.3, 0.4) is 0 Å². The highest BCUT2D eigenvalue weighted by Gasteiger charge is 2.52. The summed E-state index contributed by atoms with van der Waals surface area (Å²) in [5.41, 5.74) is 6.79. The summed E-state index contributed by atoms with van der Waals surface area (Å²) in [5, 5.41) is 3.15. The molecule has 0 saturated carbocycles. The number of hydrogen-bond donors (Lipinski definition) is 1. The van der Waals surface area contributed by atoms with Crippen LogP contribution in [0.5, 0.6) is 0 Å². The average molecular weight is 1010 g/mol. The Morgan fingerprint density at radius 1 is 0.347 bits per heavy atom. The molecule has 0 bridgehead atoms. The molecule has 0 aliphatic carbocycles. The Kier molecular flexibility index (Phi) is 20.3. The van der Waals surface area contributed by atoms with Crippen molar-refractivity contribution in [3.63, 3.8) is 0 Å². The van der Waals surface area contributed by atoms with E-state index in [1.807, 2.05) is 212 Å². The molecular formula is C63H67NO11. The van der Waals surface area contributed by atoms with Crippen molar-refractivity contribution in [3.8, 4) is 0 Å². The van der Waals surface area contributed by atoms with Gasteiger partial charge in [-0.2, -0.15) is 0 Å². The molecule has 0 aromatic heterocycles. The molecule has 0 radical (unpaired) electrons. The van der Waals surface area contributed by atoms with E-state index < -0.39 is 61.3 Å². The van der Waals surface area contributed by atoms with Crippen LogP contribution in [0.15, 0.2) is 212 Å². The van der Waals surface area contributed by atoms with Gasteiger partial charge in [0.25, 0.3) is 0 Å². The average Bonchev–Trinajstić information content (AvgIpc) is 3.46. The third kappa shape index (κ3) is 16.1. The number of ether oxygens (including phenoxy) is 10. The smallest absolute Gasteiger partial charge is 0.217 e. The number of carbonyl (C=O) groups excluding carboxylic acids is 1. The molecule has 2 fully saturated rings. The summed E-state index contributed by atoms with van der Waals surface area (Å²) in [5.74, 6) is -0.300. The second kappa shape index (κ2) is 28.5. The number of rotatable bonds is 26. The molecule has 0 spiro atoms. The molecule has 12 nitrogen and oxygen atoms in total. The summed E-state index contributed by atoms with van der Waals surface area (Å²) in [4.78, 5) is 13.4. The normalized spacial score (nSPS) is 23.6. The Morgan fingerprint density at radius 3 is 1.05 bits per heavy atom. The van der Waals surface area contributed by atoms with Crippen LogP contribution in [-0.4, -0.2) is 80.5 Å². The number of carbonyl (C=O) groups is 1. The first-order valence-electron chi connectivity index (χ1n) is 25.8. The van der Waals surface area contributed by atoms with Crippen molar-refractivity contribution in [1.82, 2.24) is 5.32 Å². The van der Waals surface area contributed by atoms with Crippen molar-refractivity contribution in [1.29, 1.82) is 0 Å². The van der Waals surface area contributed by atoms with Crippen molar-refractivity contribution in [2.75, 3.05) is 13.2 Å². The minimum absolute atomic E-state index is 0.0828. The van der Waals surface area contributed by atoms with Crippen LogP contribution in [0.4, 0.5) is 0 Å². The topological polar surface area (TPSA) is 121 Å². The first kappa shape index (κ1) is 53.4. The molecule has 2 heterocycles. The van der Waals surface area contributed by atoms with Crippen molar-refractivity contribution < 1.29 is 52.2 Å². The monoisotopic (exact) mass is 1010 g/mol. The van der Waals surface area contributed by atoms with Gasteiger partial charge >= 0.3 is 0 Å². The van der Waals surface area contributed by atoms with E-state index in [-0.39, 0.29) is 58.8 Å². The van der Waals surface area contributed by atoms with E-state index in [2.05, 4.69) is 5.32 Å². The van der Waals surface area contributed by atoms with Gasteiger partial charge in [-0.3, -0.25) is 4.79 Å². The Bertz CT molecular complexity index is 2680. The number of benzene rings is 7. The second-order valence-electron chi connectivity index (χ2n) is 18.7. The fraction of sp³-hybridized carbons (Fsp3) is 0.317. The standard InChI is InChI=1S/C63H67NO11/c1-46(65)64-56-59(69-40-50-29-15-5-16-30-50)57(67-38-48-25-11-3-12-26-48)54(44-66-37-47-23-9-2-10-24-47)74-62(56)73-45-55-58(68-39-49-27-13-4-14-28-49)60(70-41-51-31-17-6-18-32-51)61(71-42-52-33-19-7-20-34-52)63(75-55)72-43-53-35-21-8-22-36-53/h2-36,54-63H,37-45H2,1H3,(H,64,65)/t54-,55-,56-,57-,58-,59-,60+,61-,62+,63-/m1/s1. The predicted molar refractivity (Wildman–Crippen MR) is 283 cm³/mol. The molecule has 390 valence electrons. The van der Waals surface area contributed by atoms with Gasteiger partial charge in [0.15, 0.2) is 12.6 Å². The molecule has 9 rings (SSSR count). The second-order valence-corrected chi connectivity index (χ2v) is 18.7. The van der Waals surface area contributed by atoms with Crippen LogP contribution < -0.4 is 5.32 Å². The van der Waals surface area contributed by atoms with Gasteiger partial charge < -0.3 is 52.7 Å². The minimum atomic E-state index is -1.09. The minimum Gasteiger partial charge on any atom is -0.374 e. The Morgan fingerprint density at radius 2 is 0.653 bits per heavy atom. The Balaban J connectivity index is 1.06. The zero-order valence-electron chi connectivity index (χ0n) is 42.3. The molecule has 10 atom stereocenters. The first-order chi connectivity index (χ1) is 37.0. The molecular weight excluding hydrogens is 947 g/mol. The third-order valence-corrected chi connectivity index (χ3v) is 13.1. The quantitative estimate of drug-likeness (QED) is 0.0558. The largest absolute Gasteiger partial charge is 0.374 e. The zero-order chi connectivity index (χ0) is 51.3. The zero-order valence-corrected chi connectivity index (χ0v) is 42.3. The lowest BCUT2D eigenvalue weighted by Crippen LogP contribution is -2.67. The van der Waals surface area contributed by atoms with Gasteiger partial charge in [0.2, 0.25) is 5.91 Å². The fourth-order valence-corrected chi connectivity index (χ4v) is 9.32. The summed E-state index contributed by atoms with van der Waals surface area (Å²) in [6, 6.07) is 68.8. The Labute approximate surface area is 440 Å². The maximum atomic E-state index is 13.4. The summed E-state index contributed by atoms with van der Waals surface area (Å²) in [7, 11) is 0. The maximum Gasteiger partial charge on any atom is 0.217 e. The molecule has 7 aromatic carbocycles. The molecule has 7 aromatic rings. The van der Waals surface area contributed by atoms with Gasteiger partial charge in [-0.05, 0) is 38.9 Å². The molecule has 2 aliphatic heterocycles. The van der Waals surface area contributed by atoms with Gasteiger partial charge in [-0.15, -0.1) is 0 Å². The van der Waals surface area contributed by atoms with Gasteiger partial charge in [-0.25, -0.2) is 0 Å². The molecule has 75 heavy (non-hydrogen) atoms. The Hall–Kier alpha value is -6.39. The molecule has 0 unspecified atom stereocenters. The summed E-state index contributed by atoms with van der Waals surface area (Å²) < 4.78 is 68.9. The number of hydrogen-bond acceptors (Lipinski definition) is 11. The maximum absolute atomic E-state index is 13.4. The van der Waals surface area contributed by atoms with Gasteiger partial charge in [0.05, 0.1) is 59.5 Å². The molecule has 2 saturated heterocycles. The van der Waals surface area contributed by atoms with E-state index in [4.69, 9.17) is 47.4 Å². The molecule has 1 amide bonds. The van der Waals surface area contributed by atoms with E-state index in [1.165, 1.54) is 6.92 Å². The van der Waals surface area contributed by atoms with Crippen molar-refractivity contribution in [2.45, 2.75) is 115 Å². The van der Waals surface area contributed by atoms with Crippen LogP contribution in [0.1, 0.15) is 45.9 Å². The van der Waals surface area contributed by atoms with Gasteiger partial charge in [-0.1, -0.05) is 212 Å². The van der Waals surface area contributed by atoms with Gasteiger partial charge in [0.1, 0.15) is 48.8 Å². The SMILES string of the molecule is CC(=O)N[C@H]1[C@@H](OC[C@H]2O[C@@H](OCc3ccccc3)[C@H](OCc3ccccc3)[C@@H](OCc3ccccc3)[C@@H]2OCc2ccccc2)O[C@H](COCc2ccccc2)[C@@H](OCc2ccccc2)[C@@H]1OCc1ccccc1. The summed E-state index contributed by atoms with van der Waals surface area (Å²) in [6.07, 6.45) is -7.35. The molecule has 12 heteroatoms. The highest BCUT2D eigenvalue weighted by molar-refractivity contribution is 5.73. The first-order valence-corrected chi connectivity index (χ1v) is 25.8. The van der Waals surface area contributed by atoms with E-state index in [1.54, 1.807) is 0 Å². The van der Waals surface area contributed by atoms with E-state index in [0.717, 1.165) is 38.9 Å². The number of amides is 1. The van der Waals surface area contributed by atoms with E-state index in [9.17, 15) is 4.79 Å². The summed E-state index contributed by atoms with van der Waals surface area (Å²) in [6.45, 7) is 3.32. The van der Waals surface area contributed by atoms with Crippen LogP contribution in [0.2, 0.25) is 0 Å². The van der Waals surface area contributed by atoms with Crippen LogP contribution in [0.25, 0.3) is 0 Å². The van der Waals surface area contributed by atoms with E-state index >= 15 is 0 Å². The summed E-state index contributed by atoms with van der Waals surface area (Å²) >= 11 is 0. The molecule has 1 N–H and O–H groups in total. The lowest BCUT2D eigenvalue weighted by molar-refractivity contribution is -0.342. The van der Waals surface area contributed by atoms with Gasteiger partial charge in [0, 0.05) is 6.92 Å². The lowest BCUT2D eigenvalue weighted by atomic mass is 9.95. The lowest BCUT2D eigenvalue weighted by Gasteiger charge is -2.48. The van der Waals surface area contributed by atoms with Crippen molar-refractivity contribution >= 4 is 5.91 Å². The fourth-order valence-electron chi connectivity index (χ4n) is 9.32. The van der Waals surface area contributed by atoms with Crippen molar-refractivity contribution in [2.24, 2.45) is 0 Å². The number of nitrogens with one attached hydrogen (secondary N) is 1.